The second kappa shape index (κ2) is 11.3. The van der Waals surface area contributed by atoms with Crippen LogP contribution >= 0.6 is 11.8 Å². The topological polar surface area (TPSA) is 95.5 Å². The summed E-state index contributed by atoms with van der Waals surface area (Å²) < 4.78 is 0. The lowest BCUT2D eigenvalue weighted by Crippen LogP contribution is -2.24. The van der Waals surface area contributed by atoms with Crippen molar-refractivity contribution in [3.63, 3.8) is 0 Å². The highest BCUT2D eigenvalue weighted by Gasteiger charge is 2.19. The molecule has 2 aromatic carbocycles. The number of carbonyl (C=O) groups is 3. The number of carboxylic acids is 1. The molecule has 2 amide bonds. The van der Waals surface area contributed by atoms with Gasteiger partial charge in [-0.15, -0.1) is 11.8 Å². The monoisotopic (exact) mass is 414 g/mol. The van der Waals surface area contributed by atoms with Crippen LogP contribution in [-0.4, -0.2) is 28.1 Å². The highest BCUT2D eigenvalue weighted by molar-refractivity contribution is 8.00. The first-order valence-corrected chi connectivity index (χ1v) is 10.5. The quantitative estimate of drug-likeness (QED) is 0.474. The van der Waals surface area contributed by atoms with E-state index in [0.717, 1.165) is 17.7 Å². The summed E-state index contributed by atoms with van der Waals surface area (Å²) in [5, 5.41) is 14.4. The van der Waals surface area contributed by atoms with Gasteiger partial charge in [0.05, 0.1) is 10.8 Å². The van der Waals surface area contributed by atoms with Gasteiger partial charge >= 0.3 is 5.97 Å². The van der Waals surface area contributed by atoms with Crippen molar-refractivity contribution >= 4 is 40.9 Å². The molecular formula is C22H26N2O4S. The minimum atomic E-state index is -1.04. The van der Waals surface area contributed by atoms with Gasteiger partial charge in [-0.05, 0) is 49.2 Å². The van der Waals surface area contributed by atoms with Gasteiger partial charge in [0.15, 0.2) is 0 Å². The van der Waals surface area contributed by atoms with Gasteiger partial charge in [0, 0.05) is 22.7 Å². The van der Waals surface area contributed by atoms with Crippen molar-refractivity contribution in [2.24, 2.45) is 0 Å². The molecule has 0 radical (unpaired) electrons. The molecule has 3 N–H and O–H groups in total. The van der Waals surface area contributed by atoms with Crippen LogP contribution in [0.3, 0.4) is 0 Å². The lowest BCUT2D eigenvalue weighted by atomic mass is 10.2. The molecule has 2 aromatic rings. The van der Waals surface area contributed by atoms with E-state index in [1.807, 2.05) is 38.1 Å². The van der Waals surface area contributed by atoms with Crippen molar-refractivity contribution in [2.45, 2.75) is 49.7 Å². The molecule has 154 valence electrons. The van der Waals surface area contributed by atoms with Crippen molar-refractivity contribution in [3.8, 4) is 0 Å². The molecular weight excluding hydrogens is 388 g/mol. The Morgan fingerprint density at radius 3 is 2.34 bits per heavy atom. The summed E-state index contributed by atoms with van der Waals surface area (Å²) in [5.74, 6) is -1.25. The summed E-state index contributed by atoms with van der Waals surface area (Å²) in [4.78, 5) is 36.5. The molecule has 0 spiro atoms. The zero-order valence-electron chi connectivity index (χ0n) is 16.6. The molecule has 0 bridgehead atoms. The average Bonchev–Trinajstić information content (AvgIpc) is 2.70. The first-order chi connectivity index (χ1) is 13.9. The Kier molecular flexibility index (Phi) is 8.73. The van der Waals surface area contributed by atoms with Crippen LogP contribution in [0.1, 0.15) is 49.9 Å². The Morgan fingerprint density at radius 1 is 1.00 bits per heavy atom. The molecule has 0 aliphatic carbocycles. The van der Waals surface area contributed by atoms with E-state index < -0.39 is 5.97 Å². The summed E-state index contributed by atoms with van der Waals surface area (Å²) in [6.45, 7) is 3.96. The molecule has 0 aliphatic rings. The maximum atomic E-state index is 12.7. The Bertz CT molecular complexity index is 869. The molecule has 1 atom stereocenters. The summed E-state index contributed by atoms with van der Waals surface area (Å²) in [5.41, 5.74) is 1.28. The first-order valence-electron chi connectivity index (χ1n) is 9.63. The number of aromatic carboxylic acids is 1. The SMILES string of the molecule is CCCCC(=O)Nc1cccc(SC(CC)C(=O)Nc2cccc(C(=O)O)c2)c1. The number of rotatable bonds is 10. The molecule has 7 heteroatoms. The molecule has 1 unspecified atom stereocenters. The van der Waals surface area contributed by atoms with Crippen LogP contribution in [0, 0.1) is 0 Å². The van der Waals surface area contributed by atoms with E-state index in [1.54, 1.807) is 12.1 Å². The van der Waals surface area contributed by atoms with Crippen LogP contribution in [0.2, 0.25) is 0 Å². The summed E-state index contributed by atoms with van der Waals surface area (Å²) in [6, 6.07) is 13.6. The van der Waals surface area contributed by atoms with Crippen molar-refractivity contribution in [3.05, 3.63) is 54.1 Å². The number of amides is 2. The van der Waals surface area contributed by atoms with E-state index in [1.165, 1.54) is 23.9 Å². The zero-order chi connectivity index (χ0) is 21.2. The Morgan fingerprint density at radius 2 is 1.69 bits per heavy atom. The van der Waals surface area contributed by atoms with E-state index in [2.05, 4.69) is 10.6 Å². The number of carbonyl (C=O) groups excluding carboxylic acids is 2. The lowest BCUT2D eigenvalue weighted by Gasteiger charge is -2.16. The third kappa shape index (κ3) is 7.27. The van der Waals surface area contributed by atoms with Crippen LogP contribution in [0.5, 0.6) is 0 Å². The predicted octanol–water partition coefficient (Wildman–Crippen LogP) is 5.02. The second-order valence-corrected chi connectivity index (χ2v) is 7.85. The first kappa shape index (κ1) is 22.5. The Labute approximate surface area is 175 Å². The fourth-order valence-electron chi connectivity index (χ4n) is 2.65. The predicted molar refractivity (Wildman–Crippen MR) is 117 cm³/mol. The number of carboxylic acid groups (broad SMARTS) is 1. The largest absolute Gasteiger partial charge is 0.478 e. The molecule has 0 saturated carbocycles. The summed E-state index contributed by atoms with van der Waals surface area (Å²) in [7, 11) is 0. The van der Waals surface area contributed by atoms with Crippen LogP contribution in [0.15, 0.2) is 53.4 Å². The third-order valence-electron chi connectivity index (χ3n) is 4.19. The van der Waals surface area contributed by atoms with E-state index in [-0.39, 0.29) is 22.6 Å². The molecule has 6 nitrogen and oxygen atoms in total. The van der Waals surface area contributed by atoms with Gasteiger partial charge in [-0.1, -0.05) is 32.4 Å². The average molecular weight is 415 g/mol. The smallest absolute Gasteiger partial charge is 0.335 e. The van der Waals surface area contributed by atoms with Crippen molar-refractivity contribution < 1.29 is 19.5 Å². The van der Waals surface area contributed by atoms with Crippen LogP contribution in [0.4, 0.5) is 11.4 Å². The number of anilines is 2. The minimum absolute atomic E-state index is 0.0166. The van der Waals surface area contributed by atoms with E-state index in [0.29, 0.717) is 24.2 Å². The van der Waals surface area contributed by atoms with Crippen LogP contribution in [-0.2, 0) is 9.59 Å². The molecule has 29 heavy (non-hydrogen) atoms. The van der Waals surface area contributed by atoms with Gasteiger partial charge in [0.25, 0.3) is 0 Å². The molecule has 2 rings (SSSR count). The van der Waals surface area contributed by atoms with Gasteiger partial charge in [-0.2, -0.15) is 0 Å². The van der Waals surface area contributed by atoms with E-state index in [4.69, 9.17) is 5.11 Å². The number of benzene rings is 2. The molecule has 0 fully saturated rings. The lowest BCUT2D eigenvalue weighted by molar-refractivity contribution is -0.116. The normalized spacial score (nSPS) is 11.5. The van der Waals surface area contributed by atoms with Gasteiger partial charge in [0.2, 0.25) is 11.8 Å². The van der Waals surface area contributed by atoms with Crippen molar-refractivity contribution in [1.29, 1.82) is 0 Å². The van der Waals surface area contributed by atoms with Crippen LogP contribution in [0.25, 0.3) is 0 Å². The maximum Gasteiger partial charge on any atom is 0.335 e. The number of unbranched alkanes of at least 4 members (excludes halogenated alkanes) is 1. The summed E-state index contributed by atoms with van der Waals surface area (Å²) >= 11 is 1.41. The molecule has 0 aliphatic heterocycles. The van der Waals surface area contributed by atoms with E-state index in [9.17, 15) is 14.4 Å². The standard InChI is InChI=1S/C22H26N2O4S/c1-3-5-12-20(25)23-17-10-7-11-18(14-17)29-19(4-2)21(26)24-16-9-6-8-15(13-16)22(27)28/h6-11,13-14,19H,3-5,12H2,1-2H3,(H,23,25)(H,24,26)(H,27,28). The highest BCUT2D eigenvalue weighted by atomic mass is 32.2. The van der Waals surface area contributed by atoms with Gasteiger partial charge in [-0.25, -0.2) is 4.79 Å². The summed E-state index contributed by atoms with van der Waals surface area (Å²) in [6.07, 6.45) is 2.90. The van der Waals surface area contributed by atoms with Crippen molar-refractivity contribution in [1.82, 2.24) is 0 Å². The minimum Gasteiger partial charge on any atom is -0.478 e. The fourth-order valence-corrected chi connectivity index (χ4v) is 3.66. The highest BCUT2D eigenvalue weighted by Crippen LogP contribution is 2.28. The van der Waals surface area contributed by atoms with Crippen LogP contribution < -0.4 is 10.6 Å². The third-order valence-corrected chi connectivity index (χ3v) is 5.55. The number of nitrogens with one attached hydrogen (secondary N) is 2. The van der Waals surface area contributed by atoms with Gasteiger partial charge in [0.1, 0.15) is 0 Å². The fraction of sp³-hybridized carbons (Fsp3) is 0.318. The number of hydrogen-bond donors (Lipinski definition) is 3. The molecule has 0 saturated heterocycles. The zero-order valence-corrected chi connectivity index (χ0v) is 17.4. The number of hydrogen-bond acceptors (Lipinski definition) is 4. The molecule has 0 aromatic heterocycles. The second-order valence-electron chi connectivity index (χ2n) is 6.57. The van der Waals surface area contributed by atoms with Crippen molar-refractivity contribution in [2.75, 3.05) is 10.6 Å². The van der Waals surface area contributed by atoms with Gasteiger partial charge < -0.3 is 15.7 Å². The maximum absolute atomic E-state index is 12.7. The number of thioether (sulfide) groups is 1. The van der Waals surface area contributed by atoms with E-state index >= 15 is 0 Å². The van der Waals surface area contributed by atoms with Gasteiger partial charge in [-0.3, -0.25) is 9.59 Å². The Hall–Kier alpha value is -2.80. The Balaban J connectivity index is 2.02. The molecule has 0 heterocycles.